The van der Waals surface area contributed by atoms with Gasteiger partial charge in [0, 0.05) is 24.9 Å². The molecule has 0 radical (unpaired) electrons. The van der Waals surface area contributed by atoms with E-state index < -0.39 is 0 Å². The summed E-state index contributed by atoms with van der Waals surface area (Å²) in [5, 5.41) is 9.75. The smallest absolute Gasteiger partial charge is 0.168 e. The van der Waals surface area contributed by atoms with E-state index in [1.54, 1.807) is 11.8 Å². The Kier molecular flexibility index (Phi) is 3.45. The van der Waals surface area contributed by atoms with Crippen LogP contribution in [0.5, 0.6) is 11.5 Å². The zero-order valence-corrected chi connectivity index (χ0v) is 12.2. The third kappa shape index (κ3) is 2.29. The number of hydrogen-bond donors (Lipinski definition) is 0. The molecule has 0 saturated heterocycles. The molecule has 1 aliphatic heterocycles. The third-order valence-electron chi connectivity index (χ3n) is 3.19. The summed E-state index contributed by atoms with van der Waals surface area (Å²) in [5.41, 5.74) is 1.91. The quantitative estimate of drug-likeness (QED) is 0.813. The molecule has 1 aromatic heterocycles. The van der Waals surface area contributed by atoms with E-state index in [2.05, 4.69) is 11.1 Å². The maximum atomic E-state index is 8.84. The number of nitrogens with zero attached hydrogens (tertiary/aromatic N) is 3. The summed E-state index contributed by atoms with van der Waals surface area (Å²) in [5.74, 6) is 2.28. The molecule has 3 rings (SSSR count). The van der Waals surface area contributed by atoms with E-state index in [4.69, 9.17) is 14.7 Å². The Morgan fingerprint density at radius 3 is 2.80 bits per heavy atom. The largest absolute Gasteiger partial charge is 0.486 e. The van der Waals surface area contributed by atoms with Gasteiger partial charge in [-0.2, -0.15) is 5.26 Å². The van der Waals surface area contributed by atoms with Crippen molar-refractivity contribution >= 4 is 22.8 Å². The number of fused-ring (bicyclic) bond motifs is 2. The second-order valence-electron chi connectivity index (χ2n) is 4.78. The highest BCUT2D eigenvalue weighted by molar-refractivity contribution is 7.99. The Balaban J connectivity index is 1.95. The molecule has 0 amide bonds. The van der Waals surface area contributed by atoms with Crippen molar-refractivity contribution in [2.24, 2.45) is 13.0 Å². The van der Waals surface area contributed by atoms with Crippen LogP contribution < -0.4 is 9.47 Å². The normalized spacial score (nSPS) is 15.1. The second-order valence-corrected chi connectivity index (χ2v) is 5.77. The minimum absolute atomic E-state index is 0.0136. The number of ether oxygens (including phenoxy) is 2. The van der Waals surface area contributed by atoms with E-state index in [-0.39, 0.29) is 5.92 Å². The SMILES string of the molecule is CC(C#N)CSc1nc2cc3c(cc2n1C)OCCO3. The average molecular weight is 289 g/mol. The van der Waals surface area contributed by atoms with Gasteiger partial charge in [-0.3, -0.25) is 0 Å². The molecule has 6 heteroatoms. The number of rotatable bonds is 3. The van der Waals surface area contributed by atoms with Gasteiger partial charge < -0.3 is 14.0 Å². The molecule has 1 aliphatic rings. The fraction of sp³-hybridized carbons (Fsp3) is 0.429. The lowest BCUT2D eigenvalue weighted by Crippen LogP contribution is -2.15. The second kappa shape index (κ2) is 5.25. The first kappa shape index (κ1) is 13.1. The molecule has 0 fully saturated rings. The molecule has 0 spiro atoms. The van der Waals surface area contributed by atoms with Gasteiger partial charge in [0.15, 0.2) is 16.7 Å². The number of aromatic nitrogens is 2. The van der Waals surface area contributed by atoms with Crippen molar-refractivity contribution in [2.75, 3.05) is 19.0 Å². The van der Waals surface area contributed by atoms with Gasteiger partial charge >= 0.3 is 0 Å². The van der Waals surface area contributed by atoms with Gasteiger partial charge in [-0.1, -0.05) is 11.8 Å². The lowest BCUT2D eigenvalue weighted by molar-refractivity contribution is 0.172. The molecule has 0 aliphatic carbocycles. The van der Waals surface area contributed by atoms with Gasteiger partial charge in [0.2, 0.25) is 0 Å². The summed E-state index contributed by atoms with van der Waals surface area (Å²) in [6.45, 7) is 3.07. The predicted octanol–water partition coefficient (Wildman–Crippen LogP) is 2.60. The summed E-state index contributed by atoms with van der Waals surface area (Å²) in [6.07, 6.45) is 0. The first-order valence-corrected chi connectivity index (χ1v) is 7.46. The maximum Gasteiger partial charge on any atom is 0.168 e. The Morgan fingerprint density at radius 1 is 1.40 bits per heavy atom. The van der Waals surface area contributed by atoms with Crippen LogP contribution >= 0.6 is 11.8 Å². The van der Waals surface area contributed by atoms with Gasteiger partial charge in [-0.25, -0.2) is 4.98 Å². The first-order chi connectivity index (χ1) is 9.69. The Bertz CT molecular complexity index is 690. The summed E-state index contributed by atoms with van der Waals surface area (Å²) in [7, 11) is 1.98. The van der Waals surface area contributed by atoms with E-state index in [9.17, 15) is 0 Å². The van der Waals surface area contributed by atoms with Gasteiger partial charge in [0.1, 0.15) is 13.2 Å². The summed E-state index contributed by atoms with van der Waals surface area (Å²) < 4.78 is 13.2. The molecular formula is C14H15N3O2S. The van der Waals surface area contributed by atoms with E-state index in [0.717, 1.165) is 33.4 Å². The number of benzene rings is 1. The van der Waals surface area contributed by atoms with Crippen LogP contribution in [0.15, 0.2) is 17.3 Å². The molecule has 1 aromatic carbocycles. The third-order valence-corrected chi connectivity index (χ3v) is 4.48. The summed E-state index contributed by atoms with van der Waals surface area (Å²) >= 11 is 1.60. The molecule has 1 unspecified atom stereocenters. The Labute approximate surface area is 121 Å². The fourth-order valence-corrected chi connectivity index (χ4v) is 3.00. The van der Waals surface area contributed by atoms with Crippen LogP contribution in [0.25, 0.3) is 11.0 Å². The maximum absolute atomic E-state index is 8.84. The van der Waals surface area contributed by atoms with Crippen molar-refractivity contribution in [3.05, 3.63) is 12.1 Å². The molecule has 0 N–H and O–H groups in total. The minimum Gasteiger partial charge on any atom is -0.486 e. The minimum atomic E-state index is 0.0136. The van der Waals surface area contributed by atoms with Gasteiger partial charge in [0.25, 0.3) is 0 Å². The topological polar surface area (TPSA) is 60.1 Å². The molecule has 2 aromatic rings. The number of aryl methyl sites for hydroxylation is 1. The van der Waals surface area contributed by atoms with Crippen LogP contribution in [0.3, 0.4) is 0 Å². The number of hydrogen-bond acceptors (Lipinski definition) is 5. The summed E-state index contributed by atoms with van der Waals surface area (Å²) in [4.78, 5) is 4.61. The standard InChI is InChI=1S/C14H15N3O2S/c1-9(7-15)8-20-14-16-10-5-12-13(19-4-3-18-12)6-11(10)17(14)2/h5-6,9H,3-4,8H2,1-2H3. The lowest BCUT2D eigenvalue weighted by Gasteiger charge is -2.18. The number of thioether (sulfide) groups is 1. The van der Waals surface area contributed by atoms with Crippen LogP contribution in [0, 0.1) is 17.2 Å². The molecule has 2 heterocycles. The van der Waals surface area contributed by atoms with E-state index in [0.29, 0.717) is 13.2 Å². The molecule has 5 nitrogen and oxygen atoms in total. The highest BCUT2D eigenvalue weighted by Crippen LogP contribution is 2.35. The van der Waals surface area contributed by atoms with E-state index >= 15 is 0 Å². The molecule has 1 atom stereocenters. The highest BCUT2D eigenvalue weighted by atomic mass is 32.2. The zero-order valence-electron chi connectivity index (χ0n) is 11.4. The van der Waals surface area contributed by atoms with Crippen LogP contribution in [0.1, 0.15) is 6.92 Å². The van der Waals surface area contributed by atoms with Crippen molar-refractivity contribution in [1.82, 2.24) is 9.55 Å². The molecule has 0 saturated carbocycles. The lowest BCUT2D eigenvalue weighted by atomic mass is 10.2. The van der Waals surface area contributed by atoms with Crippen molar-refractivity contribution in [3.63, 3.8) is 0 Å². The molecule has 104 valence electrons. The zero-order chi connectivity index (χ0) is 14.1. The van der Waals surface area contributed by atoms with Crippen LogP contribution in [-0.2, 0) is 7.05 Å². The first-order valence-electron chi connectivity index (χ1n) is 6.47. The van der Waals surface area contributed by atoms with Crippen LogP contribution in [0.2, 0.25) is 0 Å². The van der Waals surface area contributed by atoms with Gasteiger partial charge in [0.05, 0.1) is 23.0 Å². The molecular weight excluding hydrogens is 274 g/mol. The highest BCUT2D eigenvalue weighted by Gasteiger charge is 2.17. The van der Waals surface area contributed by atoms with Crippen molar-refractivity contribution in [1.29, 1.82) is 5.26 Å². The molecule has 0 bridgehead atoms. The monoisotopic (exact) mass is 289 g/mol. The van der Waals surface area contributed by atoms with Crippen LogP contribution in [0.4, 0.5) is 0 Å². The summed E-state index contributed by atoms with van der Waals surface area (Å²) in [6, 6.07) is 6.12. The number of imidazole rings is 1. The Hall–Kier alpha value is -1.87. The van der Waals surface area contributed by atoms with E-state index in [1.165, 1.54) is 0 Å². The van der Waals surface area contributed by atoms with Crippen molar-refractivity contribution in [3.8, 4) is 17.6 Å². The van der Waals surface area contributed by atoms with Crippen molar-refractivity contribution < 1.29 is 9.47 Å². The number of nitriles is 1. The van der Waals surface area contributed by atoms with E-state index in [1.807, 2.05) is 30.7 Å². The predicted molar refractivity (Wildman–Crippen MR) is 77.2 cm³/mol. The fourth-order valence-electron chi connectivity index (χ4n) is 2.07. The van der Waals surface area contributed by atoms with Gasteiger partial charge in [-0.05, 0) is 6.92 Å². The van der Waals surface area contributed by atoms with Crippen LogP contribution in [-0.4, -0.2) is 28.5 Å². The van der Waals surface area contributed by atoms with Crippen molar-refractivity contribution in [2.45, 2.75) is 12.1 Å². The average Bonchev–Trinajstić information content (AvgIpc) is 2.78. The van der Waals surface area contributed by atoms with Gasteiger partial charge in [-0.15, -0.1) is 0 Å². The molecule has 20 heavy (non-hydrogen) atoms. The Morgan fingerprint density at radius 2 is 2.10 bits per heavy atom.